The molecule has 1 aliphatic heterocycles. The molecule has 0 aliphatic carbocycles. The second-order valence-electron chi connectivity index (χ2n) is 8.54. The molecule has 3 aromatic carbocycles. The largest absolute Gasteiger partial charge is 0.493 e. The normalized spacial score (nSPS) is 14.2. The molecule has 1 aliphatic rings. The molecule has 0 unspecified atom stereocenters. The highest BCUT2D eigenvalue weighted by Gasteiger charge is 2.33. The Bertz CT molecular complexity index is 1530. The molecule has 0 bridgehead atoms. The first kappa shape index (κ1) is 27.9. The number of amides is 2. The molecule has 206 valence electrons. The van der Waals surface area contributed by atoms with Gasteiger partial charge in [0.05, 0.1) is 35.2 Å². The number of carboxylic acid groups (broad SMARTS) is 1. The van der Waals surface area contributed by atoms with E-state index in [1.165, 1.54) is 55.7 Å². The average Bonchev–Trinajstić information content (AvgIpc) is 3.20. The molecule has 0 aromatic heterocycles. The van der Waals surface area contributed by atoms with Crippen LogP contribution in [0.15, 0.2) is 77.4 Å². The van der Waals surface area contributed by atoms with Crippen molar-refractivity contribution >= 4 is 40.9 Å². The molecule has 4 rings (SSSR count). The molecule has 9 nitrogen and oxygen atoms in total. The SMILES string of the molecule is COc1cc(/C=C2\C(=O)N(c3cccc(C(F)(F)F)c3)N=C2C)ccc1OCC(=O)Nc1ccc(C(=O)O)cc1. The minimum Gasteiger partial charge on any atom is -0.493 e. The number of rotatable bonds is 8. The van der Waals surface area contributed by atoms with Gasteiger partial charge < -0.3 is 19.9 Å². The van der Waals surface area contributed by atoms with Gasteiger partial charge in [0.2, 0.25) is 0 Å². The van der Waals surface area contributed by atoms with E-state index in [1.807, 2.05) is 0 Å². The lowest BCUT2D eigenvalue weighted by Crippen LogP contribution is -2.21. The lowest BCUT2D eigenvalue weighted by atomic mass is 10.1. The van der Waals surface area contributed by atoms with Crippen molar-refractivity contribution in [3.05, 3.63) is 89.0 Å². The molecule has 0 saturated heterocycles. The number of ether oxygens (including phenoxy) is 2. The molecule has 3 aromatic rings. The van der Waals surface area contributed by atoms with Gasteiger partial charge in [0.25, 0.3) is 11.8 Å². The molecule has 1 heterocycles. The van der Waals surface area contributed by atoms with E-state index >= 15 is 0 Å². The van der Waals surface area contributed by atoms with Gasteiger partial charge in [-0.15, -0.1) is 0 Å². The van der Waals surface area contributed by atoms with Crippen LogP contribution in [0.1, 0.15) is 28.4 Å². The number of anilines is 2. The fraction of sp³-hybridized carbons (Fsp3) is 0.143. The molecule has 2 amide bonds. The summed E-state index contributed by atoms with van der Waals surface area (Å²) in [6.45, 7) is 1.20. The summed E-state index contributed by atoms with van der Waals surface area (Å²) in [6, 6.07) is 14.7. The Morgan fingerprint density at radius 2 is 1.77 bits per heavy atom. The fourth-order valence-corrected chi connectivity index (χ4v) is 3.77. The minimum absolute atomic E-state index is 0.0139. The van der Waals surface area contributed by atoms with Gasteiger partial charge in [-0.2, -0.15) is 23.3 Å². The average molecular weight is 553 g/mol. The van der Waals surface area contributed by atoms with Crippen LogP contribution in [0.2, 0.25) is 0 Å². The van der Waals surface area contributed by atoms with E-state index in [-0.39, 0.29) is 34.9 Å². The Morgan fingerprint density at radius 1 is 1.05 bits per heavy atom. The monoisotopic (exact) mass is 553 g/mol. The second kappa shape index (κ2) is 11.3. The maximum Gasteiger partial charge on any atom is 0.416 e. The van der Waals surface area contributed by atoms with E-state index in [1.54, 1.807) is 19.1 Å². The van der Waals surface area contributed by atoms with Crippen LogP contribution < -0.4 is 19.8 Å². The number of hydrazone groups is 1. The molecule has 0 atom stereocenters. The Kier molecular flexibility index (Phi) is 7.89. The summed E-state index contributed by atoms with van der Waals surface area (Å²) in [6.07, 6.45) is -3.04. The molecular formula is C28H22F3N3O6. The number of halogens is 3. The van der Waals surface area contributed by atoms with Crippen molar-refractivity contribution in [2.75, 3.05) is 24.0 Å². The third kappa shape index (κ3) is 6.29. The smallest absolute Gasteiger partial charge is 0.416 e. The van der Waals surface area contributed by atoms with E-state index < -0.39 is 29.5 Å². The summed E-state index contributed by atoms with van der Waals surface area (Å²) in [4.78, 5) is 36.2. The van der Waals surface area contributed by atoms with Crippen molar-refractivity contribution in [3.8, 4) is 11.5 Å². The standard InChI is InChI=1S/C28H22F3N3O6/c1-16-22(26(36)34(33-16)21-5-3-4-19(14-21)28(29,30)31)12-17-6-11-23(24(13-17)39-2)40-15-25(35)32-20-9-7-18(8-10-20)27(37)38/h3-14H,15H2,1-2H3,(H,32,35)(H,37,38)/b22-12-. The van der Waals surface area contributed by atoms with E-state index in [0.29, 0.717) is 17.0 Å². The van der Waals surface area contributed by atoms with Gasteiger partial charge >= 0.3 is 12.1 Å². The summed E-state index contributed by atoms with van der Waals surface area (Å²) < 4.78 is 50.3. The topological polar surface area (TPSA) is 118 Å². The van der Waals surface area contributed by atoms with E-state index in [0.717, 1.165) is 17.1 Å². The summed E-state index contributed by atoms with van der Waals surface area (Å²) in [5, 5.41) is 16.6. The van der Waals surface area contributed by atoms with Crippen molar-refractivity contribution < 1.29 is 42.1 Å². The van der Waals surface area contributed by atoms with E-state index in [9.17, 15) is 27.6 Å². The van der Waals surface area contributed by atoms with Crippen LogP contribution in [0.5, 0.6) is 11.5 Å². The first-order valence-electron chi connectivity index (χ1n) is 11.7. The third-order valence-electron chi connectivity index (χ3n) is 5.75. The molecule has 0 spiro atoms. The number of hydrogen-bond donors (Lipinski definition) is 2. The molecule has 40 heavy (non-hydrogen) atoms. The van der Waals surface area contributed by atoms with E-state index in [4.69, 9.17) is 14.6 Å². The highest BCUT2D eigenvalue weighted by Crippen LogP contribution is 2.34. The van der Waals surface area contributed by atoms with Gasteiger partial charge in [-0.1, -0.05) is 12.1 Å². The van der Waals surface area contributed by atoms with Gasteiger partial charge in [-0.3, -0.25) is 9.59 Å². The second-order valence-corrected chi connectivity index (χ2v) is 8.54. The minimum atomic E-state index is -4.56. The number of nitrogens with one attached hydrogen (secondary N) is 1. The van der Waals surface area contributed by atoms with Gasteiger partial charge in [0, 0.05) is 5.69 Å². The molecular weight excluding hydrogens is 531 g/mol. The number of carboxylic acids is 1. The summed E-state index contributed by atoms with van der Waals surface area (Å²) in [5.41, 5.74) is 0.587. The number of benzene rings is 3. The van der Waals surface area contributed by atoms with Crippen molar-refractivity contribution in [2.24, 2.45) is 5.10 Å². The maximum absolute atomic E-state index is 13.1. The van der Waals surface area contributed by atoms with Crippen molar-refractivity contribution in [3.63, 3.8) is 0 Å². The Balaban J connectivity index is 1.45. The highest BCUT2D eigenvalue weighted by atomic mass is 19.4. The highest BCUT2D eigenvalue weighted by molar-refractivity contribution is 6.32. The zero-order valence-electron chi connectivity index (χ0n) is 21.2. The quantitative estimate of drug-likeness (QED) is 0.369. The lowest BCUT2D eigenvalue weighted by molar-refractivity contribution is -0.137. The van der Waals surface area contributed by atoms with Gasteiger partial charge in [0.15, 0.2) is 18.1 Å². The molecule has 12 heteroatoms. The first-order chi connectivity index (χ1) is 19.0. The predicted octanol–water partition coefficient (Wildman–Crippen LogP) is 5.24. The zero-order valence-corrected chi connectivity index (χ0v) is 21.2. The molecule has 0 radical (unpaired) electrons. The lowest BCUT2D eigenvalue weighted by Gasteiger charge is -2.14. The Labute approximate surface area is 226 Å². The molecule has 2 N–H and O–H groups in total. The van der Waals surface area contributed by atoms with E-state index in [2.05, 4.69) is 10.4 Å². The van der Waals surface area contributed by atoms with Crippen LogP contribution in [0, 0.1) is 0 Å². The van der Waals surface area contributed by atoms with Crippen LogP contribution >= 0.6 is 0 Å². The Morgan fingerprint density at radius 3 is 2.42 bits per heavy atom. The predicted molar refractivity (Wildman–Crippen MR) is 141 cm³/mol. The van der Waals surface area contributed by atoms with Crippen LogP contribution in [0.3, 0.4) is 0 Å². The van der Waals surface area contributed by atoms with Crippen LogP contribution in [0.25, 0.3) is 6.08 Å². The summed E-state index contributed by atoms with van der Waals surface area (Å²) >= 11 is 0. The van der Waals surface area contributed by atoms with Crippen molar-refractivity contribution in [2.45, 2.75) is 13.1 Å². The first-order valence-corrected chi connectivity index (χ1v) is 11.7. The van der Waals surface area contributed by atoms with Crippen LogP contribution in [-0.2, 0) is 15.8 Å². The van der Waals surface area contributed by atoms with Crippen molar-refractivity contribution in [1.29, 1.82) is 0 Å². The molecule has 0 saturated carbocycles. The maximum atomic E-state index is 13.1. The number of methoxy groups -OCH3 is 1. The number of aromatic carboxylic acids is 1. The summed E-state index contributed by atoms with van der Waals surface area (Å²) in [7, 11) is 1.39. The number of alkyl halides is 3. The number of hydrogen-bond acceptors (Lipinski definition) is 6. The van der Waals surface area contributed by atoms with Crippen LogP contribution in [0.4, 0.5) is 24.5 Å². The number of nitrogens with zero attached hydrogens (tertiary/aromatic N) is 2. The molecule has 0 fully saturated rings. The summed E-state index contributed by atoms with van der Waals surface area (Å²) in [5.74, 6) is -1.66. The number of carbonyl (C=O) groups excluding carboxylic acids is 2. The fourth-order valence-electron chi connectivity index (χ4n) is 3.77. The van der Waals surface area contributed by atoms with Gasteiger partial charge in [-0.05, 0) is 73.2 Å². The third-order valence-corrected chi connectivity index (χ3v) is 5.75. The zero-order chi connectivity index (χ0) is 29.0. The van der Waals surface area contributed by atoms with Gasteiger partial charge in [0.1, 0.15) is 0 Å². The van der Waals surface area contributed by atoms with Crippen LogP contribution in [-0.4, -0.2) is 42.3 Å². The Hall–Kier alpha value is -5.13. The van der Waals surface area contributed by atoms with Crippen molar-refractivity contribution in [1.82, 2.24) is 0 Å². The number of carbonyl (C=O) groups is 3. The van der Waals surface area contributed by atoms with Gasteiger partial charge in [-0.25, -0.2) is 4.79 Å².